The highest BCUT2D eigenvalue weighted by molar-refractivity contribution is 5.18. The molecule has 0 aromatic heterocycles. The first kappa shape index (κ1) is 12.5. The van der Waals surface area contributed by atoms with E-state index >= 15 is 0 Å². The molecule has 1 heterocycles. The van der Waals surface area contributed by atoms with Gasteiger partial charge in [-0.2, -0.15) is 0 Å². The Balaban J connectivity index is 2.04. The van der Waals surface area contributed by atoms with Crippen LogP contribution < -0.4 is 5.32 Å². The quantitative estimate of drug-likeness (QED) is 0.849. The van der Waals surface area contributed by atoms with Gasteiger partial charge in [0.25, 0.3) is 0 Å². The van der Waals surface area contributed by atoms with Crippen LogP contribution in [0.1, 0.15) is 18.9 Å². The van der Waals surface area contributed by atoms with Gasteiger partial charge in [0.05, 0.1) is 6.61 Å². The molecule has 0 saturated carbocycles. The number of halogens is 1. The third kappa shape index (κ3) is 3.27. The van der Waals surface area contributed by atoms with Gasteiger partial charge in [-0.25, -0.2) is 4.39 Å². The summed E-state index contributed by atoms with van der Waals surface area (Å²) < 4.78 is 18.4. The molecule has 0 radical (unpaired) electrons. The molecule has 0 aliphatic carbocycles. The second kappa shape index (κ2) is 5.61. The summed E-state index contributed by atoms with van der Waals surface area (Å²) in [6.45, 7) is 5.71. The van der Waals surface area contributed by atoms with Crippen LogP contribution in [0.15, 0.2) is 24.3 Å². The van der Waals surface area contributed by atoms with Gasteiger partial charge in [-0.3, -0.25) is 0 Å². The molecule has 1 aliphatic rings. The van der Waals surface area contributed by atoms with E-state index in [0.29, 0.717) is 0 Å². The molecule has 2 nitrogen and oxygen atoms in total. The summed E-state index contributed by atoms with van der Waals surface area (Å²) >= 11 is 0. The Kier molecular flexibility index (Phi) is 4.13. The monoisotopic (exact) mass is 237 g/mol. The van der Waals surface area contributed by atoms with Crippen LogP contribution in [0.3, 0.4) is 0 Å². The van der Waals surface area contributed by atoms with Crippen molar-refractivity contribution < 1.29 is 9.13 Å². The molecule has 1 aromatic carbocycles. The van der Waals surface area contributed by atoms with Crippen LogP contribution in [-0.2, 0) is 11.2 Å². The number of rotatable bonds is 5. The van der Waals surface area contributed by atoms with Crippen molar-refractivity contribution in [1.29, 1.82) is 0 Å². The van der Waals surface area contributed by atoms with Gasteiger partial charge in [0, 0.05) is 18.6 Å². The van der Waals surface area contributed by atoms with E-state index in [2.05, 4.69) is 12.2 Å². The number of nitrogens with one attached hydrogen (secondary N) is 1. The molecule has 0 spiro atoms. The van der Waals surface area contributed by atoms with E-state index in [0.717, 1.165) is 39.1 Å². The predicted octanol–water partition coefficient (Wildman–Crippen LogP) is 2.38. The zero-order chi connectivity index (χ0) is 12.1. The highest BCUT2D eigenvalue weighted by Crippen LogP contribution is 2.32. The Labute approximate surface area is 102 Å². The minimum Gasteiger partial charge on any atom is -0.381 e. The summed E-state index contributed by atoms with van der Waals surface area (Å²) in [5, 5.41) is 3.41. The summed E-state index contributed by atoms with van der Waals surface area (Å²) in [6.07, 6.45) is 2.04. The summed E-state index contributed by atoms with van der Waals surface area (Å²) in [4.78, 5) is 0. The number of benzene rings is 1. The lowest BCUT2D eigenvalue weighted by Crippen LogP contribution is -2.36. The minimum atomic E-state index is -0.169. The van der Waals surface area contributed by atoms with Crippen LogP contribution in [0.5, 0.6) is 0 Å². The van der Waals surface area contributed by atoms with E-state index in [9.17, 15) is 4.39 Å². The summed E-state index contributed by atoms with van der Waals surface area (Å²) in [5.41, 5.74) is 1.38. The van der Waals surface area contributed by atoms with Crippen molar-refractivity contribution in [3.05, 3.63) is 35.6 Å². The van der Waals surface area contributed by atoms with E-state index in [4.69, 9.17) is 4.74 Å². The lowest BCUT2D eigenvalue weighted by atomic mass is 9.81. The van der Waals surface area contributed by atoms with E-state index in [1.54, 1.807) is 0 Å². The topological polar surface area (TPSA) is 21.3 Å². The van der Waals surface area contributed by atoms with Gasteiger partial charge in [0.1, 0.15) is 5.82 Å². The van der Waals surface area contributed by atoms with E-state index < -0.39 is 0 Å². The molecule has 0 amide bonds. The van der Waals surface area contributed by atoms with Crippen molar-refractivity contribution in [3.63, 3.8) is 0 Å². The molecule has 0 bridgehead atoms. The van der Waals surface area contributed by atoms with E-state index in [-0.39, 0.29) is 11.2 Å². The van der Waals surface area contributed by atoms with Crippen LogP contribution in [0, 0.1) is 11.2 Å². The van der Waals surface area contributed by atoms with Crippen LogP contribution in [0.25, 0.3) is 0 Å². The second-order valence-corrected chi connectivity index (χ2v) is 4.89. The maximum absolute atomic E-state index is 12.9. The average Bonchev–Trinajstić information content (AvgIpc) is 2.79. The third-order valence-electron chi connectivity index (χ3n) is 3.43. The van der Waals surface area contributed by atoms with E-state index in [1.807, 2.05) is 12.1 Å². The molecule has 1 aromatic rings. The smallest absolute Gasteiger partial charge is 0.123 e. The highest BCUT2D eigenvalue weighted by atomic mass is 19.1. The summed E-state index contributed by atoms with van der Waals surface area (Å²) in [6, 6.07) is 6.82. The molecule has 1 aliphatic heterocycles. The first-order valence-electron chi connectivity index (χ1n) is 6.27. The molecule has 1 saturated heterocycles. The molecule has 2 rings (SSSR count). The van der Waals surface area contributed by atoms with Gasteiger partial charge in [0.15, 0.2) is 0 Å². The molecule has 94 valence electrons. The van der Waals surface area contributed by atoms with Crippen LogP contribution in [0.2, 0.25) is 0 Å². The molecular formula is C14H20FNO. The molecule has 1 N–H and O–H groups in total. The standard InChI is InChI=1S/C14H20FNO/c1-2-16-10-14(7-8-17-11-14)9-12-3-5-13(15)6-4-12/h3-6,16H,2,7-11H2,1H3. The zero-order valence-corrected chi connectivity index (χ0v) is 10.3. The molecular weight excluding hydrogens is 217 g/mol. The fourth-order valence-corrected chi connectivity index (χ4v) is 2.42. The fourth-order valence-electron chi connectivity index (χ4n) is 2.42. The molecule has 1 atom stereocenters. The normalized spacial score (nSPS) is 24.1. The zero-order valence-electron chi connectivity index (χ0n) is 10.3. The minimum absolute atomic E-state index is 0.169. The Morgan fingerprint density at radius 2 is 2.12 bits per heavy atom. The molecule has 1 unspecified atom stereocenters. The Morgan fingerprint density at radius 3 is 2.71 bits per heavy atom. The van der Waals surface area contributed by atoms with Gasteiger partial charge in [-0.05, 0) is 37.1 Å². The van der Waals surface area contributed by atoms with Crippen molar-refractivity contribution >= 4 is 0 Å². The first-order chi connectivity index (χ1) is 8.24. The average molecular weight is 237 g/mol. The van der Waals surface area contributed by atoms with Crippen LogP contribution in [-0.4, -0.2) is 26.3 Å². The predicted molar refractivity (Wildman–Crippen MR) is 66.5 cm³/mol. The van der Waals surface area contributed by atoms with Crippen molar-refractivity contribution in [2.75, 3.05) is 26.3 Å². The highest BCUT2D eigenvalue weighted by Gasteiger charge is 2.34. The number of hydrogen-bond acceptors (Lipinski definition) is 2. The van der Waals surface area contributed by atoms with Crippen LogP contribution in [0.4, 0.5) is 4.39 Å². The fraction of sp³-hybridized carbons (Fsp3) is 0.571. The molecule has 1 fully saturated rings. The summed E-state index contributed by atoms with van der Waals surface area (Å²) in [5.74, 6) is -0.169. The Hall–Kier alpha value is -0.930. The lowest BCUT2D eigenvalue weighted by Gasteiger charge is -2.27. The Bertz CT molecular complexity index is 344. The lowest BCUT2D eigenvalue weighted by molar-refractivity contribution is 0.149. The van der Waals surface area contributed by atoms with Gasteiger partial charge in [-0.15, -0.1) is 0 Å². The summed E-state index contributed by atoms with van der Waals surface area (Å²) in [7, 11) is 0. The largest absolute Gasteiger partial charge is 0.381 e. The number of hydrogen-bond donors (Lipinski definition) is 1. The molecule has 3 heteroatoms. The maximum atomic E-state index is 12.9. The van der Waals surface area contributed by atoms with E-state index in [1.165, 1.54) is 17.7 Å². The number of ether oxygens (including phenoxy) is 1. The van der Waals surface area contributed by atoms with Crippen molar-refractivity contribution in [2.24, 2.45) is 5.41 Å². The van der Waals surface area contributed by atoms with Crippen LogP contribution >= 0.6 is 0 Å². The maximum Gasteiger partial charge on any atom is 0.123 e. The SMILES string of the molecule is CCNCC1(Cc2ccc(F)cc2)CCOC1. The first-order valence-corrected chi connectivity index (χ1v) is 6.27. The van der Waals surface area contributed by atoms with Gasteiger partial charge in [0.2, 0.25) is 0 Å². The Morgan fingerprint density at radius 1 is 1.35 bits per heavy atom. The van der Waals surface area contributed by atoms with Crippen molar-refractivity contribution in [2.45, 2.75) is 19.8 Å². The van der Waals surface area contributed by atoms with Gasteiger partial charge in [-0.1, -0.05) is 19.1 Å². The molecule has 17 heavy (non-hydrogen) atoms. The van der Waals surface area contributed by atoms with Crippen molar-refractivity contribution in [3.8, 4) is 0 Å². The second-order valence-electron chi connectivity index (χ2n) is 4.89. The van der Waals surface area contributed by atoms with Crippen molar-refractivity contribution in [1.82, 2.24) is 5.32 Å². The third-order valence-corrected chi connectivity index (χ3v) is 3.43. The van der Waals surface area contributed by atoms with Gasteiger partial charge >= 0.3 is 0 Å². The van der Waals surface area contributed by atoms with Gasteiger partial charge < -0.3 is 10.1 Å².